The number of benzene rings is 1. The van der Waals surface area contributed by atoms with Crippen molar-refractivity contribution in [2.24, 2.45) is 0 Å². The van der Waals surface area contributed by atoms with Gasteiger partial charge in [-0.15, -0.1) is 11.3 Å². The van der Waals surface area contributed by atoms with Gasteiger partial charge in [-0.05, 0) is 49.7 Å². The maximum Gasteiger partial charge on any atom is 0.238 e. The van der Waals surface area contributed by atoms with Gasteiger partial charge in [-0.2, -0.15) is 0 Å². The van der Waals surface area contributed by atoms with Gasteiger partial charge in [-0.3, -0.25) is 4.79 Å². The highest BCUT2D eigenvalue weighted by atomic mass is 32.1. The molecular formula is C15H11FO2S. The summed E-state index contributed by atoms with van der Waals surface area (Å²) >= 11 is 1.45. The summed E-state index contributed by atoms with van der Waals surface area (Å²) in [5.41, 5.74) is 1.62. The van der Waals surface area contributed by atoms with Crippen molar-refractivity contribution >= 4 is 28.1 Å². The summed E-state index contributed by atoms with van der Waals surface area (Å²) in [4.78, 5) is 14.1. The van der Waals surface area contributed by atoms with Gasteiger partial charge >= 0.3 is 0 Å². The van der Waals surface area contributed by atoms with E-state index in [-0.39, 0.29) is 17.4 Å². The lowest BCUT2D eigenvalue weighted by molar-refractivity contribution is 0.101. The number of rotatable bonds is 2. The molecule has 1 aromatic carbocycles. The maximum atomic E-state index is 13.1. The van der Waals surface area contributed by atoms with Gasteiger partial charge in [0.2, 0.25) is 5.78 Å². The fourth-order valence-electron chi connectivity index (χ4n) is 1.93. The second-order valence-electron chi connectivity index (χ2n) is 4.47. The predicted octanol–water partition coefficient (Wildman–Crippen LogP) is 4.48. The molecule has 0 aliphatic rings. The Hall–Kier alpha value is -1.94. The lowest BCUT2D eigenvalue weighted by Crippen LogP contribution is -1.95. The first-order chi connectivity index (χ1) is 9.04. The zero-order valence-corrected chi connectivity index (χ0v) is 11.3. The molecule has 2 heterocycles. The van der Waals surface area contributed by atoms with E-state index in [9.17, 15) is 9.18 Å². The quantitative estimate of drug-likeness (QED) is 0.645. The predicted molar refractivity (Wildman–Crippen MR) is 73.4 cm³/mol. The van der Waals surface area contributed by atoms with Gasteiger partial charge in [0.05, 0.1) is 4.88 Å². The van der Waals surface area contributed by atoms with Crippen molar-refractivity contribution in [1.82, 2.24) is 0 Å². The minimum Gasteiger partial charge on any atom is -0.453 e. The number of halogens is 1. The van der Waals surface area contributed by atoms with Crippen LogP contribution in [0.4, 0.5) is 4.39 Å². The van der Waals surface area contributed by atoms with Crippen LogP contribution in [0.3, 0.4) is 0 Å². The van der Waals surface area contributed by atoms with Crippen LogP contribution in [0.2, 0.25) is 0 Å². The van der Waals surface area contributed by atoms with E-state index in [2.05, 4.69) is 0 Å². The van der Waals surface area contributed by atoms with Crippen molar-refractivity contribution in [1.29, 1.82) is 0 Å². The Labute approximate surface area is 113 Å². The Morgan fingerprint density at radius 1 is 1.21 bits per heavy atom. The van der Waals surface area contributed by atoms with Crippen molar-refractivity contribution in [2.75, 3.05) is 0 Å². The molecule has 0 atom stereocenters. The number of hydrogen-bond donors (Lipinski definition) is 0. The fourth-order valence-corrected chi connectivity index (χ4v) is 2.91. The fraction of sp³-hybridized carbons (Fsp3) is 0.133. The van der Waals surface area contributed by atoms with E-state index >= 15 is 0 Å². The number of furan rings is 1. The Morgan fingerprint density at radius 3 is 2.68 bits per heavy atom. The van der Waals surface area contributed by atoms with Crippen molar-refractivity contribution in [3.05, 3.63) is 57.2 Å². The summed E-state index contributed by atoms with van der Waals surface area (Å²) in [6.07, 6.45) is 0. The highest BCUT2D eigenvalue weighted by molar-refractivity contribution is 7.14. The molecule has 96 valence electrons. The molecule has 0 aliphatic heterocycles. The summed E-state index contributed by atoms with van der Waals surface area (Å²) in [7, 11) is 0. The first-order valence-electron chi connectivity index (χ1n) is 5.85. The third-order valence-electron chi connectivity index (χ3n) is 3.09. The molecule has 0 unspecified atom stereocenters. The highest BCUT2D eigenvalue weighted by Gasteiger charge is 2.17. The lowest BCUT2D eigenvalue weighted by Gasteiger charge is -1.91. The van der Waals surface area contributed by atoms with Gasteiger partial charge in [0.25, 0.3) is 0 Å². The van der Waals surface area contributed by atoms with Crippen LogP contribution in [0.1, 0.15) is 25.9 Å². The molecule has 3 rings (SSSR count). The van der Waals surface area contributed by atoms with Crippen LogP contribution in [0, 0.1) is 19.7 Å². The smallest absolute Gasteiger partial charge is 0.238 e. The average molecular weight is 274 g/mol. The monoisotopic (exact) mass is 274 g/mol. The summed E-state index contributed by atoms with van der Waals surface area (Å²) in [5.74, 6) is -0.241. The van der Waals surface area contributed by atoms with Crippen molar-refractivity contribution in [3.8, 4) is 0 Å². The molecular weight excluding hydrogens is 263 g/mol. The van der Waals surface area contributed by atoms with E-state index < -0.39 is 0 Å². The highest BCUT2D eigenvalue weighted by Crippen LogP contribution is 2.26. The van der Waals surface area contributed by atoms with Gasteiger partial charge in [0.1, 0.15) is 11.4 Å². The minimum absolute atomic E-state index is 0.155. The van der Waals surface area contributed by atoms with Gasteiger partial charge in [0.15, 0.2) is 5.76 Å². The molecule has 2 aromatic heterocycles. The number of carbonyl (C=O) groups is 1. The largest absolute Gasteiger partial charge is 0.453 e. The Kier molecular flexibility index (Phi) is 2.75. The number of hydrogen-bond acceptors (Lipinski definition) is 3. The van der Waals surface area contributed by atoms with Crippen molar-refractivity contribution in [3.63, 3.8) is 0 Å². The van der Waals surface area contributed by atoms with Crippen LogP contribution < -0.4 is 0 Å². The van der Waals surface area contributed by atoms with E-state index in [1.165, 1.54) is 29.5 Å². The average Bonchev–Trinajstić information content (AvgIpc) is 2.92. The molecule has 2 nitrogen and oxygen atoms in total. The van der Waals surface area contributed by atoms with Crippen LogP contribution in [0.25, 0.3) is 11.0 Å². The Morgan fingerprint density at radius 2 is 2.00 bits per heavy atom. The van der Waals surface area contributed by atoms with Crippen molar-refractivity contribution < 1.29 is 13.6 Å². The lowest BCUT2D eigenvalue weighted by atomic mass is 10.2. The molecule has 0 bridgehead atoms. The van der Waals surface area contributed by atoms with Gasteiger partial charge in [0, 0.05) is 10.3 Å². The SMILES string of the molecule is Cc1cc(C(=O)c2cc3cc(F)ccc3o2)sc1C. The summed E-state index contributed by atoms with van der Waals surface area (Å²) in [5, 5.41) is 0.605. The minimum atomic E-state index is -0.338. The Bertz CT molecular complexity index is 763. The molecule has 0 radical (unpaired) electrons. The van der Waals surface area contributed by atoms with Gasteiger partial charge in [-0.1, -0.05) is 0 Å². The zero-order chi connectivity index (χ0) is 13.6. The second-order valence-corrected chi connectivity index (χ2v) is 5.73. The van der Waals surface area contributed by atoms with E-state index in [1.54, 1.807) is 6.07 Å². The van der Waals surface area contributed by atoms with Crippen LogP contribution in [0.15, 0.2) is 34.7 Å². The number of fused-ring (bicyclic) bond motifs is 1. The Balaban J connectivity index is 2.06. The molecule has 0 spiro atoms. The number of thiophene rings is 1. The molecule has 0 N–H and O–H groups in total. The number of carbonyl (C=O) groups excluding carboxylic acids is 1. The van der Waals surface area contributed by atoms with E-state index in [0.717, 1.165) is 10.4 Å². The van der Waals surface area contributed by atoms with Crippen LogP contribution in [-0.4, -0.2) is 5.78 Å². The standard InChI is InChI=1S/C15H11FO2S/c1-8-5-14(19-9(8)2)15(17)13-7-10-6-11(16)3-4-12(10)18-13/h3-7H,1-2H3. The maximum absolute atomic E-state index is 13.1. The zero-order valence-electron chi connectivity index (χ0n) is 10.5. The number of aryl methyl sites for hydroxylation is 2. The molecule has 0 fully saturated rings. The normalized spacial score (nSPS) is 11.1. The molecule has 0 saturated heterocycles. The van der Waals surface area contributed by atoms with Crippen LogP contribution in [-0.2, 0) is 0 Å². The van der Waals surface area contributed by atoms with E-state index in [1.807, 2.05) is 19.9 Å². The topological polar surface area (TPSA) is 30.2 Å². The molecule has 4 heteroatoms. The number of ketones is 1. The van der Waals surface area contributed by atoms with Crippen LogP contribution >= 0.6 is 11.3 Å². The summed E-state index contributed by atoms with van der Waals surface area (Å²) < 4.78 is 18.6. The first kappa shape index (κ1) is 12.1. The first-order valence-corrected chi connectivity index (χ1v) is 6.67. The molecule has 0 aliphatic carbocycles. The van der Waals surface area contributed by atoms with E-state index in [4.69, 9.17) is 4.42 Å². The van der Waals surface area contributed by atoms with Crippen LogP contribution in [0.5, 0.6) is 0 Å². The van der Waals surface area contributed by atoms with E-state index in [0.29, 0.717) is 15.8 Å². The third-order valence-corrected chi connectivity index (χ3v) is 4.24. The summed E-state index contributed by atoms with van der Waals surface area (Å²) in [6.45, 7) is 3.95. The third kappa shape index (κ3) is 2.08. The van der Waals surface area contributed by atoms with Crippen molar-refractivity contribution in [2.45, 2.75) is 13.8 Å². The van der Waals surface area contributed by atoms with Gasteiger partial charge in [-0.25, -0.2) is 4.39 Å². The summed E-state index contributed by atoms with van der Waals surface area (Å²) in [6, 6.07) is 7.66. The molecule has 0 saturated carbocycles. The molecule has 0 amide bonds. The molecule has 19 heavy (non-hydrogen) atoms. The second kappa shape index (κ2) is 4.31. The molecule has 3 aromatic rings. The van der Waals surface area contributed by atoms with Gasteiger partial charge < -0.3 is 4.42 Å².